The molecule has 3 aromatic rings. The number of carbonyl (C=O) groups is 1. The first-order valence-corrected chi connectivity index (χ1v) is 7.35. The molecule has 1 heterocycles. The minimum Gasteiger partial charge on any atom is -0.482 e. The van der Waals surface area contributed by atoms with Crippen molar-refractivity contribution in [3.63, 3.8) is 0 Å². The fourth-order valence-electron chi connectivity index (χ4n) is 1.92. The highest BCUT2D eigenvalue weighted by Crippen LogP contribution is 2.23. The van der Waals surface area contributed by atoms with Crippen molar-refractivity contribution in [2.24, 2.45) is 0 Å². The summed E-state index contributed by atoms with van der Waals surface area (Å²) in [5, 5.41) is 9.47. The summed E-state index contributed by atoms with van der Waals surface area (Å²) in [6, 6.07) is 12.6. The molecular weight excluding hydrogens is 335 g/mol. The van der Waals surface area contributed by atoms with Crippen LogP contribution >= 0.6 is 11.6 Å². The number of para-hydroxylation sites is 1. The molecule has 1 amide bonds. The summed E-state index contributed by atoms with van der Waals surface area (Å²) in [5.41, 5.74) is 0.650. The number of anilines is 1. The fourth-order valence-corrected chi connectivity index (χ4v) is 2.11. The van der Waals surface area contributed by atoms with Crippen LogP contribution in [0.15, 0.2) is 48.5 Å². The molecule has 0 aliphatic carbocycles. The molecule has 122 valence electrons. The molecule has 0 aliphatic rings. The first-order valence-electron chi connectivity index (χ1n) is 6.97. The number of halogens is 2. The maximum atomic E-state index is 12.9. The third-order valence-electron chi connectivity index (χ3n) is 3.05. The van der Waals surface area contributed by atoms with E-state index in [9.17, 15) is 9.18 Å². The SMILES string of the molecule is O=C(COc1ccccc1Cl)Nc1n[nH]c(-c2ccc(F)cc2)n1. The Morgan fingerprint density at radius 3 is 2.71 bits per heavy atom. The van der Waals surface area contributed by atoms with Gasteiger partial charge in [-0.25, -0.2) is 4.39 Å². The number of hydrogen-bond acceptors (Lipinski definition) is 4. The molecule has 8 heteroatoms. The van der Waals surface area contributed by atoms with Crippen LogP contribution in [-0.2, 0) is 4.79 Å². The third-order valence-corrected chi connectivity index (χ3v) is 3.36. The summed E-state index contributed by atoms with van der Waals surface area (Å²) in [6.45, 7) is -0.232. The summed E-state index contributed by atoms with van der Waals surface area (Å²) in [4.78, 5) is 16.0. The zero-order valence-electron chi connectivity index (χ0n) is 12.3. The van der Waals surface area contributed by atoms with Gasteiger partial charge in [-0.05, 0) is 36.4 Å². The quantitative estimate of drug-likeness (QED) is 0.743. The van der Waals surface area contributed by atoms with E-state index >= 15 is 0 Å². The minimum atomic E-state index is -0.431. The van der Waals surface area contributed by atoms with Crippen LogP contribution in [0.4, 0.5) is 10.3 Å². The molecule has 2 N–H and O–H groups in total. The fraction of sp³-hybridized carbons (Fsp3) is 0.0625. The second kappa shape index (κ2) is 7.10. The van der Waals surface area contributed by atoms with Gasteiger partial charge in [-0.2, -0.15) is 4.98 Å². The lowest BCUT2D eigenvalue weighted by molar-refractivity contribution is -0.118. The van der Waals surface area contributed by atoms with Crippen LogP contribution < -0.4 is 10.1 Å². The summed E-state index contributed by atoms with van der Waals surface area (Å²) in [6.07, 6.45) is 0. The van der Waals surface area contributed by atoms with Crippen LogP contribution in [0, 0.1) is 5.82 Å². The van der Waals surface area contributed by atoms with Crippen molar-refractivity contribution in [3.8, 4) is 17.1 Å². The number of carbonyl (C=O) groups excluding carboxylic acids is 1. The Bertz CT molecular complexity index is 851. The molecule has 0 spiro atoms. The number of nitrogens with zero attached hydrogens (tertiary/aromatic N) is 2. The molecule has 0 atom stereocenters. The van der Waals surface area contributed by atoms with Crippen LogP contribution in [0.25, 0.3) is 11.4 Å². The topological polar surface area (TPSA) is 79.9 Å². The highest BCUT2D eigenvalue weighted by Gasteiger charge is 2.10. The second-order valence-corrected chi connectivity index (χ2v) is 5.19. The van der Waals surface area contributed by atoms with Crippen molar-refractivity contribution in [3.05, 3.63) is 59.4 Å². The molecule has 24 heavy (non-hydrogen) atoms. The Morgan fingerprint density at radius 1 is 1.21 bits per heavy atom. The molecule has 0 aliphatic heterocycles. The van der Waals surface area contributed by atoms with Gasteiger partial charge in [0, 0.05) is 5.56 Å². The lowest BCUT2D eigenvalue weighted by Crippen LogP contribution is -2.20. The van der Waals surface area contributed by atoms with Crippen molar-refractivity contribution in [1.82, 2.24) is 15.2 Å². The molecular formula is C16H12ClFN4O2. The summed E-state index contributed by atoms with van der Waals surface area (Å²) in [5.74, 6) is 0.152. The maximum Gasteiger partial charge on any atom is 0.264 e. The van der Waals surface area contributed by atoms with Crippen LogP contribution in [-0.4, -0.2) is 27.7 Å². The van der Waals surface area contributed by atoms with E-state index in [1.165, 1.54) is 12.1 Å². The average Bonchev–Trinajstić information content (AvgIpc) is 3.03. The Balaban J connectivity index is 1.59. The minimum absolute atomic E-state index is 0.0992. The van der Waals surface area contributed by atoms with Crippen molar-refractivity contribution >= 4 is 23.5 Å². The van der Waals surface area contributed by atoms with E-state index in [2.05, 4.69) is 20.5 Å². The van der Waals surface area contributed by atoms with E-state index in [1.54, 1.807) is 36.4 Å². The van der Waals surface area contributed by atoms with Crippen LogP contribution in [0.1, 0.15) is 0 Å². The number of nitrogens with one attached hydrogen (secondary N) is 2. The lowest BCUT2D eigenvalue weighted by atomic mass is 10.2. The van der Waals surface area contributed by atoms with E-state index in [4.69, 9.17) is 16.3 Å². The number of aromatic amines is 1. The molecule has 6 nitrogen and oxygen atoms in total. The monoisotopic (exact) mass is 346 g/mol. The lowest BCUT2D eigenvalue weighted by Gasteiger charge is -2.06. The second-order valence-electron chi connectivity index (χ2n) is 4.78. The highest BCUT2D eigenvalue weighted by atomic mass is 35.5. The van der Waals surface area contributed by atoms with Gasteiger partial charge in [0.2, 0.25) is 5.95 Å². The summed E-state index contributed by atoms with van der Waals surface area (Å²) in [7, 11) is 0. The number of rotatable bonds is 5. The third kappa shape index (κ3) is 3.88. The maximum absolute atomic E-state index is 12.9. The van der Waals surface area contributed by atoms with Crippen LogP contribution in [0.2, 0.25) is 5.02 Å². The van der Waals surface area contributed by atoms with Crippen LogP contribution in [0.5, 0.6) is 5.75 Å². The standard InChI is InChI=1S/C16H12ClFN4O2/c17-12-3-1-2-4-13(12)24-9-14(23)19-16-20-15(21-22-16)10-5-7-11(18)8-6-10/h1-8H,9H2,(H2,19,20,21,22,23). The van der Waals surface area contributed by atoms with E-state index in [0.717, 1.165) is 0 Å². The molecule has 1 aromatic heterocycles. The van der Waals surface area contributed by atoms with Gasteiger partial charge in [-0.1, -0.05) is 23.7 Å². The van der Waals surface area contributed by atoms with Crippen molar-refractivity contribution in [1.29, 1.82) is 0 Å². The number of ether oxygens (including phenoxy) is 1. The molecule has 0 bridgehead atoms. The van der Waals surface area contributed by atoms with Gasteiger partial charge in [-0.15, -0.1) is 5.10 Å². The highest BCUT2D eigenvalue weighted by molar-refractivity contribution is 6.32. The number of hydrogen-bond donors (Lipinski definition) is 2. The van der Waals surface area contributed by atoms with Gasteiger partial charge < -0.3 is 4.74 Å². The Labute approximate surface area is 141 Å². The average molecular weight is 347 g/mol. The molecule has 0 unspecified atom stereocenters. The summed E-state index contributed by atoms with van der Waals surface area (Å²) < 4.78 is 18.2. The zero-order chi connectivity index (χ0) is 16.9. The van der Waals surface area contributed by atoms with Gasteiger partial charge >= 0.3 is 0 Å². The van der Waals surface area contributed by atoms with Crippen molar-refractivity contribution in [2.45, 2.75) is 0 Å². The summed E-state index contributed by atoms with van der Waals surface area (Å²) >= 11 is 5.94. The first kappa shape index (κ1) is 15.9. The number of aromatic nitrogens is 3. The van der Waals surface area contributed by atoms with E-state index in [0.29, 0.717) is 22.2 Å². The predicted molar refractivity (Wildman–Crippen MR) is 87.4 cm³/mol. The molecule has 0 saturated carbocycles. The van der Waals surface area contributed by atoms with E-state index in [1.807, 2.05) is 0 Å². The van der Waals surface area contributed by atoms with Gasteiger partial charge in [0.05, 0.1) is 5.02 Å². The first-order chi connectivity index (χ1) is 11.6. The van der Waals surface area contributed by atoms with Gasteiger partial charge in [0.1, 0.15) is 11.6 Å². The molecule has 3 rings (SSSR count). The molecule has 2 aromatic carbocycles. The molecule has 0 fully saturated rings. The molecule has 0 radical (unpaired) electrons. The van der Waals surface area contributed by atoms with Gasteiger partial charge in [-0.3, -0.25) is 15.2 Å². The predicted octanol–water partition coefficient (Wildman–Crippen LogP) is 3.28. The van der Waals surface area contributed by atoms with Crippen molar-refractivity contribution in [2.75, 3.05) is 11.9 Å². The smallest absolute Gasteiger partial charge is 0.264 e. The van der Waals surface area contributed by atoms with E-state index < -0.39 is 5.91 Å². The zero-order valence-corrected chi connectivity index (χ0v) is 13.0. The van der Waals surface area contributed by atoms with E-state index in [-0.39, 0.29) is 18.4 Å². The molecule has 0 saturated heterocycles. The number of amides is 1. The largest absolute Gasteiger partial charge is 0.482 e. The number of H-pyrrole nitrogens is 1. The normalized spacial score (nSPS) is 10.4. The van der Waals surface area contributed by atoms with Crippen molar-refractivity contribution < 1.29 is 13.9 Å². The number of benzene rings is 2. The van der Waals surface area contributed by atoms with Gasteiger partial charge in [0.15, 0.2) is 12.4 Å². The Morgan fingerprint density at radius 2 is 1.96 bits per heavy atom. The van der Waals surface area contributed by atoms with Crippen LogP contribution in [0.3, 0.4) is 0 Å². The Kier molecular flexibility index (Phi) is 4.72. The Hall–Kier alpha value is -2.93. The van der Waals surface area contributed by atoms with Gasteiger partial charge in [0.25, 0.3) is 5.91 Å².